The minimum absolute atomic E-state index is 0.132. The average Bonchev–Trinajstić information content (AvgIpc) is 2.71. The van der Waals surface area contributed by atoms with Crippen LogP contribution in [0.4, 0.5) is 0 Å². The molecule has 0 aromatic heterocycles. The van der Waals surface area contributed by atoms with E-state index in [0.29, 0.717) is 17.7 Å². The Bertz CT molecular complexity index is 452. The van der Waals surface area contributed by atoms with Gasteiger partial charge in [-0.3, -0.25) is 14.5 Å². The Hall–Kier alpha value is -1.29. The molecule has 0 saturated heterocycles. The number of hydrogen-bond donors (Lipinski definition) is 0. The highest BCUT2D eigenvalue weighted by atomic mass is 32.2. The van der Waals surface area contributed by atoms with Crippen molar-refractivity contribution in [3.8, 4) is 0 Å². The second-order valence-corrected chi connectivity index (χ2v) is 6.31. The van der Waals surface area contributed by atoms with Gasteiger partial charge in [-0.2, -0.15) is 11.8 Å². The molecule has 1 aliphatic rings. The van der Waals surface area contributed by atoms with Crippen molar-refractivity contribution in [1.29, 1.82) is 0 Å². The molecule has 3 nitrogen and oxygen atoms in total. The Labute approximate surface area is 124 Å². The van der Waals surface area contributed by atoms with E-state index in [1.807, 2.05) is 11.8 Å². The zero-order valence-corrected chi connectivity index (χ0v) is 12.7. The smallest absolute Gasteiger partial charge is 0.261 e. The third-order valence-electron chi connectivity index (χ3n) is 3.50. The Morgan fingerprint density at radius 2 is 1.55 bits per heavy atom. The van der Waals surface area contributed by atoms with Crippen LogP contribution in [0, 0.1) is 0 Å². The summed E-state index contributed by atoms with van der Waals surface area (Å²) in [6.07, 6.45) is 4.39. The van der Waals surface area contributed by atoms with Crippen LogP contribution in [-0.2, 0) is 0 Å². The van der Waals surface area contributed by atoms with Crippen LogP contribution < -0.4 is 0 Å². The maximum absolute atomic E-state index is 12.1. The predicted molar refractivity (Wildman–Crippen MR) is 83.3 cm³/mol. The maximum atomic E-state index is 12.1. The first-order valence-corrected chi connectivity index (χ1v) is 8.44. The lowest BCUT2D eigenvalue weighted by Gasteiger charge is -2.13. The van der Waals surface area contributed by atoms with Crippen molar-refractivity contribution in [1.82, 2.24) is 4.90 Å². The predicted octanol–water partition coefficient (Wildman–Crippen LogP) is 3.60. The van der Waals surface area contributed by atoms with E-state index >= 15 is 0 Å². The van der Waals surface area contributed by atoms with Crippen molar-refractivity contribution >= 4 is 23.6 Å². The summed E-state index contributed by atoms with van der Waals surface area (Å²) in [6, 6.07) is 7.08. The molecule has 1 heterocycles. The molecule has 0 fully saturated rings. The van der Waals surface area contributed by atoms with Crippen molar-refractivity contribution in [3.63, 3.8) is 0 Å². The van der Waals surface area contributed by atoms with Gasteiger partial charge in [0, 0.05) is 6.54 Å². The minimum Gasteiger partial charge on any atom is -0.274 e. The van der Waals surface area contributed by atoms with Crippen molar-refractivity contribution in [2.24, 2.45) is 0 Å². The summed E-state index contributed by atoms with van der Waals surface area (Å²) in [4.78, 5) is 25.6. The first-order valence-electron chi connectivity index (χ1n) is 7.28. The van der Waals surface area contributed by atoms with Gasteiger partial charge in [0.05, 0.1) is 11.1 Å². The van der Waals surface area contributed by atoms with Gasteiger partial charge in [0.2, 0.25) is 0 Å². The number of nitrogens with zero attached hydrogens (tertiary/aromatic N) is 1. The van der Waals surface area contributed by atoms with Crippen LogP contribution in [-0.4, -0.2) is 34.8 Å². The second-order valence-electron chi connectivity index (χ2n) is 4.92. The number of unbranched alkanes of at least 4 members (excludes halogenated alkanes) is 3. The number of hydrogen-bond acceptors (Lipinski definition) is 3. The quantitative estimate of drug-likeness (QED) is 0.542. The van der Waals surface area contributed by atoms with Crippen LogP contribution in [0.15, 0.2) is 24.3 Å². The van der Waals surface area contributed by atoms with Gasteiger partial charge < -0.3 is 0 Å². The average molecular weight is 291 g/mol. The van der Waals surface area contributed by atoms with Crippen LogP contribution in [0.2, 0.25) is 0 Å². The molecule has 0 bridgehead atoms. The monoisotopic (exact) mass is 291 g/mol. The number of amides is 2. The zero-order valence-electron chi connectivity index (χ0n) is 11.9. The topological polar surface area (TPSA) is 37.4 Å². The normalized spacial score (nSPS) is 13.9. The first-order chi connectivity index (χ1) is 9.75. The van der Waals surface area contributed by atoms with E-state index in [9.17, 15) is 9.59 Å². The van der Waals surface area contributed by atoms with E-state index in [0.717, 1.165) is 12.8 Å². The van der Waals surface area contributed by atoms with Gasteiger partial charge >= 0.3 is 0 Å². The molecule has 0 atom stereocenters. The Balaban J connectivity index is 1.75. The number of benzene rings is 1. The van der Waals surface area contributed by atoms with Crippen molar-refractivity contribution in [3.05, 3.63) is 35.4 Å². The molecule has 1 aromatic carbocycles. The van der Waals surface area contributed by atoms with Crippen LogP contribution in [0.1, 0.15) is 53.3 Å². The molecule has 0 unspecified atom stereocenters. The van der Waals surface area contributed by atoms with E-state index in [2.05, 4.69) is 6.92 Å². The maximum Gasteiger partial charge on any atom is 0.261 e. The number of carbonyl (C=O) groups excluding carboxylic acids is 2. The second kappa shape index (κ2) is 7.48. The number of carbonyl (C=O) groups is 2. The first kappa shape index (κ1) is 15.1. The van der Waals surface area contributed by atoms with Crippen molar-refractivity contribution in [2.45, 2.75) is 32.6 Å². The van der Waals surface area contributed by atoms with Crippen LogP contribution >= 0.6 is 11.8 Å². The molecule has 2 rings (SSSR count). The van der Waals surface area contributed by atoms with E-state index in [-0.39, 0.29) is 11.8 Å². The van der Waals surface area contributed by atoms with Crippen molar-refractivity contribution in [2.75, 3.05) is 18.1 Å². The third kappa shape index (κ3) is 3.42. The SMILES string of the molecule is CCSCCCCCCN1C(=O)c2ccccc2C1=O. The van der Waals surface area contributed by atoms with Gasteiger partial charge in [0.25, 0.3) is 11.8 Å². The van der Waals surface area contributed by atoms with Gasteiger partial charge in [-0.05, 0) is 36.5 Å². The highest BCUT2D eigenvalue weighted by Crippen LogP contribution is 2.22. The molecule has 4 heteroatoms. The molecule has 108 valence electrons. The zero-order chi connectivity index (χ0) is 14.4. The summed E-state index contributed by atoms with van der Waals surface area (Å²) >= 11 is 1.97. The largest absolute Gasteiger partial charge is 0.274 e. The molecule has 0 saturated carbocycles. The molecule has 1 aromatic rings. The number of thioether (sulfide) groups is 1. The summed E-state index contributed by atoms with van der Waals surface area (Å²) < 4.78 is 0. The fourth-order valence-corrected chi connectivity index (χ4v) is 3.11. The standard InChI is InChI=1S/C16H21NO2S/c1-2-20-12-8-4-3-7-11-17-15(18)13-9-5-6-10-14(13)16(17)19/h5-6,9-10H,2-4,7-8,11-12H2,1H3. The summed E-state index contributed by atoms with van der Waals surface area (Å²) in [5, 5.41) is 0. The molecule has 0 aliphatic carbocycles. The van der Waals surface area contributed by atoms with Gasteiger partial charge in [-0.25, -0.2) is 0 Å². The van der Waals surface area contributed by atoms with Gasteiger partial charge in [0.15, 0.2) is 0 Å². The lowest BCUT2D eigenvalue weighted by molar-refractivity contribution is 0.0651. The Morgan fingerprint density at radius 1 is 0.950 bits per heavy atom. The van der Waals surface area contributed by atoms with Gasteiger partial charge in [-0.15, -0.1) is 0 Å². The molecule has 1 aliphatic heterocycles. The molecule has 0 N–H and O–H groups in total. The lowest BCUT2D eigenvalue weighted by Crippen LogP contribution is -2.30. The number of imide groups is 1. The van der Waals surface area contributed by atoms with E-state index in [4.69, 9.17) is 0 Å². The molecule has 0 spiro atoms. The molecule has 20 heavy (non-hydrogen) atoms. The highest BCUT2D eigenvalue weighted by Gasteiger charge is 2.34. The van der Waals surface area contributed by atoms with Crippen molar-refractivity contribution < 1.29 is 9.59 Å². The number of rotatable bonds is 8. The van der Waals surface area contributed by atoms with Crippen LogP contribution in [0.3, 0.4) is 0 Å². The number of fused-ring (bicyclic) bond motifs is 1. The summed E-state index contributed by atoms with van der Waals surface area (Å²) in [7, 11) is 0. The Morgan fingerprint density at radius 3 is 2.15 bits per heavy atom. The highest BCUT2D eigenvalue weighted by molar-refractivity contribution is 7.99. The third-order valence-corrected chi connectivity index (χ3v) is 4.49. The lowest BCUT2D eigenvalue weighted by atomic mass is 10.1. The van der Waals surface area contributed by atoms with E-state index in [1.54, 1.807) is 24.3 Å². The van der Waals surface area contributed by atoms with Gasteiger partial charge in [-0.1, -0.05) is 31.9 Å². The van der Waals surface area contributed by atoms with E-state index in [1.165, 1.54) is 29.2 Å². The fraction of sp³-hybridized carbons (Fsp3) is 0.500. The molecular weight excluding hydrogens is 270 g/mol. The molecule has 2 amide bonds. The summed E-state index contributed by atoms with van der Waals surface area (Å²) in [6.45, 7) is 2.72. The van der Waals surface area contributed by atoms with Crippen LogP contribution in [0.25, 0.3) is 0 Å². The molecular formula is C16H21NO2S. The summed E-state index contributed by atoms with van der Waals surface area (Å²) in [5.41, 5.74) is 1.11. The minimum atomic E-state index is -0.132. The summed E-state index contributed by atoms with van der Waals surface area (Å²) in [5.74, 6) is 2.12. The molecule has 0 radical (unpaired) electrons. The van der Waals surface area contributed by atoms with Crippen LogP contribution in [0.5, 0.6) is 0 Å². The Kier molecular flexibility index (Phi) is 5.65. The van der Waals surface area contributed by atoms with Gasteiger partial charge in [0.1, 0.15) is 0 Å². The fourth-order valence-electron chi connectivity index (χ4n) is 2.41. The van der Waals surface area contributed by atoms with E-state index < -0.39 is 0 Å².